The van der Waals surface area contributed by atoms with Crippen LogP contribution in [0.15, 0.2) is 41.8 Å². The van der Waals surface area contributed by atoms with Crippen LogP contribution >= 0.6 is 35.2 Å². The van der Waals surface area contributed by atoms with Crippen LogP contribution in [-0.4, -0.2) is 11.0 Å². The van der Waals surface area contributed by atoms with Crippen molar-refractivity contribution < 1.29 is 4.79 Å². The van der Waals surface area contributed by atoms with Crippen LogP contribution in [-0.2, 0) is 4.79 Å². The van der Waals surface area contributed by atoms with E-state index in [4.69, 9.17) is 23.8 Å². The summed E-state index contributed by atoms with van der Waals surface area (Å²) in [7, 11) is 0. The smallest absolute Gasteiger partial charge is 0.262 e. The number of amides is 1. The molecule has 0 aliphatic carbocycles. The van der Waals surface area contributed by atoms with Gasteiger partial charge in [-0.05, 0) is 60.4 Å². The number of rotatable bonds is 3. The number of hydrogen-bond donors (Lipinski definition) is 3. The van der Waals surface area contributed by atoms with Crippen LogP contribution < -0.4 is 16.2 Å². The Labute approximate surface area is 143 Å². The Morgan fingerprint density at radius 1 is 1.32 bits per heavy atom. The summed E-state index contributed by atoms with van der Waals surface area (Å²) in [4.78, 5) is 12.7. The molecule has 1 aromatic carbocycles. The van der Waals surface area contributed by atoms with Gasteiger partial charge in [-0.25, -0.2) is 0 Å². The van der Waals surface area contributed by atoms with Crippen LogP contribution in [0.2, 0.25) is 5.02 Å². The van der Waals surface area contributed by atoms with Crippen molar-refractivity contribution in [1.29, 1.82) is 0 Å². The number of thiocarbonyl (C=S) groups is 1. The Morgan fingerprint density at radius 3 is 2.82 bits per heavy atom. The third-order valence-corrected chi connectivity index (χ3v) is 4.09. The molecule has 7 heteroatoms. The molecule has 0 unspecified atom stereocenters. The molecule has 0 spiro atoms. The van der Waals surface area contributed by atoms with Crippen LogP contribution in [0.5, 0.6) is 0 Å². The first-order valence-corrected chi connectivity index (χ1v) is 8.06. The van der Waals surface area contributed by atoms with Gasteiger partial charge in [-0.15, -0.1) is 11.3 Å². The van der Waals surface area contributed by atoms with Crippen LogP contribution in [0, 0.1) is 6.92 Å². The first-order chi connectivity index (χ1) is 10.5. The second-order valence-electron chi connectivity index (χ2n) is 4.38. The molecule has 1 heterocycles. The van der Waals surface area contributed by atoms with Crippen LogP contribution in [0.1, 0.15) is 10.4 Å². The van der Waals surface area contributed by atoms with Gasteiger partial charge in [-0.2, -0.15) is 0 Å². The van der Waals surface area contributed by atoms with Crippen LogP contribution in [0.25, 0.3) is 6.08 Å². The maximum Gasteiger partial charge on any atom is 0.262 e. The Kier molecular flexibility index (Phi) is 5.94. The zero-order valence-corrected chi connectivity index (χ0v) is 14.1. The molecule has 0 fully saturated rings. The van der Waals surface area contributed by atoms with Crippen molar-refractivity contribution in [2.24, 2.45) is 0 Å². The molecule has 0 atom stereocenters. The highest BCUT2D eigenvalue weighted by molar-refractivity contribution is 7.80. The SMILES string of the molecule is Cc1ccsc1/C=C/C(=O)NNC(=S)Nc1cccc(Cl)c1. The van der Waals surface area contributed by atoms with Crippen molar-refractivity contribution in [2.45, 2.75) is 6.92 Å². The predicted molar refractivity (Wildman–Crippen MR) is 97.0 cm³/mol. The molecule has 1 aromatic heterocycles. The normalized spacial score (nSPS) is 10.5. The molecule has 4 nitrogen and oxygen atoms in total. The first kappa shape index (κ1) is 16.5. The lowest BCUT2D eigenvalue weighted by atomic mass is 10.3. The Morgan fingerprint density at radius 2 is 2.14 bits per heavy atom. The molecule has 0 aliphatic heterocycles. The number of hydrogen-bond acceptors (Lipinski definition) is 3. The summed E-state index contributed by atoms with van der Waals surface area (Å²) in [6, 6.07) is 9.13. The van der Waals surface area contributed by atoms with Gasteiger partial charge in [-0.1, -0.05) is 17.7 Å². The molecule has 0 saturated heterocycles. The standard InChI is InChI=1S/C15H14ClN3OS2/c1-10-7-8-22-13(10)5-6-14(20)18-19-15(21)17-12-4-2-3-11(16)9-12/h2-9H,1H3,(H,18,20)(H2,17,19,21)/b6-5+. The second-order valence-corrected chi connectivity index (χ2v) is 6.17. The number of benzene rings is 1. The number of aryl methyl sites for hydroxylation is 1. The summed E-state index contributed by atoms with van der Waals surface area (Å²) in [5.41, 5.74) is 7.00. The number of carbonyl (C=O) groups excluding carboxylic acids is 1. The van der Waals surface area contributed by atoms with E-state index in [2.05, 4.69) is 16.2 Å². The van der Waals surface area contributed by atoms with Crippen molar-refractivity contribution in [3.8, 4) is 0 Å². The number of thiophene rings is 1. The molecule has 2 aromatic rings. The van der Waals surface area contributed by atoms with E-state index in [-0.39, 0.29) is 11.0 Å². The average molecular weight is 352 g/mol. The number of nitrogens with one attached hydrogen (secondary N) is 3. The van der Waals surface area contributed by atoms with Gasteiger partial charge >= 0.3 is 0 Å². The average Bonchev–Trinajstić information content (AvgIpc) is 2.88. The lowest BCUT2D eigenvalue weighted by Crippen LogP contribution is -2.43. The fourth-order valence-electron chi connectivity index (χ4n) is 1.60. The molecule has 3 N–H and O–H groups in total. The van der Waals surface area contributed by atoms with Gasteiger partial charge in [0.05, 0.1) is 0 Å². The molecule has 0 aliphatic rings. The summed E-state index contributed by atoms with van der Waals surface area (Å²) in [6.45, 7) is 2.00. The summed E-state index contributed by atoms with van der Waals surface area (Å²) in [5.74, 6) is -0.289. The third-order valence-electron chi connectivity index (χ3n) is 2.67. The number of hydrazine groups is 1. The van der Waals surface area contributed by atoms with Gasteiger partial charge in [0.25, 0.3) is 5.91 Å². The van der Waals surface area contributed by atoms with Gasteiger partial charge in [0.2, 0.25) is 0 Å². The highest BCUT2D eigenvalue weighted by Crippen LogP contribution is 2.17. The van der Waals surface area contributed by atoms with Gasteiger partial charge in [0, 0.05) is 21.7 Å². The van der Waals surface area contributed by atoms with E-state index < -0.39 is 0 Å². The van der Waals surface area contributed by atoms with Gasteiger partial charge in [0.1, 0.15) is 0 Å². The monoisotopic (exact) mass is 351 g/mol. The minimum atomic E-state index is -0.289. The van der Waals surface area contributed by atoms with Crippen molar-refractivity contribution in [3.05, 3.63) is 57.3 Å². The lowest BCUT2D eigenvalue weighted by Gasteiger charge is -2.10. The highest BCUT2D eigenvalue weighted by Gasteiger charge is 2.01. The fourth-order valence-corrected chi connectivity index (χ4v) is 2.77. The largest absolute Gasteiger partial charge is 0.331 e. The Hall–Kier alpha value is -1.89. The summed E-state index contributed by atoms with van der Waals surface area (Å²) in [6.07, 6.45) is 3.22. The second kappa shape index (κ2) is 7.93. The zero-order chi connectivity index (χ0) is 15.9. The maximum atomic E-state index is 11.7. The Bertz CT molecular complexity index is 712. The van der Waals surface area contributed by atoms with E-state index in [0.29, 0.717) is 5.02 Å². The lowest BCUT2D eigenvalue weighted by molar-refractivity contribution is -0.116. The molecule has 0 saturated carbocycles. The molecular weight excluding hydrogens is 338 g/mol. The minimum absolute atomic E-state index is 0.274. The topological polar surface area (TPSA) is 53.2 Å². The Balaban J connectivity index is 1.80. The van der Waals surface area contributed by atoms with E-state index in [1.165, 1.54) is 6.08 Å². The van der Waals surface area contributed by atoms with E-state index >= 15 is 0 Å². The molecule has 0 bridgehead atoms. The first-order valence-electron chi connectivity index (χ1n) is 6.39. The zero-order valence-electron chi connectivity index (χ0n) is 11.7. The van der Waals surface area contributed by atoms with E-state index in [9.17, 15) is 4.79 Å². The summed E-state index contributed by atoms with van der Waals surface area (Å²) < 4.78 is 0. The van der Waals surface area contributed by atoms with E-state index in [1.54, 1.807) is 35.6 Å². The van der Waals surface area contributed by atoms with Crippen molar-refractivity contribution in [3.63, 3.8) is 0 Å². The quantitative estimate of drug-likeness (QED) is 0.448. The minimum Gasteiger partial charge on any atom is -0.331 e. The third kappa shape index (κ3) is 5.14. The van der Waals surface area contributed by atoms with Crippen LogP contribution in [0.4, 0.5) is 5.69 Å². The summed E-state index contributed by atoms with van der Waals surface area (Å²) >= 11 is 12.5. The number of anilines is 1. The summed E-state index contributed by atoms with van der Waals surface area (Å²) in [5, 5.41) is 5.77. The van der Waals surface area contributed by atoms with Crippen molar-refractivity contribution >= 4 is 57.9 Å². The fraction of sp³-hybridized carbons (Fsp3) is 0.0667. The highest BCUT2D eigenvalue weighted by atomic mass is 35.5. The van der Waals surface area contributed by atoms with E-state index in [1.807, 2.05) is 24.4 Å². The number of halogens is 1. The molecule has 22 heavy (non-hydrogen) atoms. The molecule has 1 amide bonds. The molecular formula is C15H14ClN3OS2. The molecule has 2 rings (SSSR count). The molecule has 0 radical (unpaired) electrons. The van der Waals surface area contributed by atoms with Crippen molar-refractivity contribution in [2.75, 3.05) is 5.32 Å². The predicted octanol–water partition coefficient (Wildman–Crippen LogP) is 3.74. The van der Waals surface area contributed by atoms with Crippen LogP contribution in [0.3, 0.4) is 0 Å². The van der Waals surface area contributed by atoms with Crippen molar-refractivity contribution in [1.82, 2.24) is 10.9 Å². The van der Waals surface area contributed by atoms with Gasteiger partial charge in [0.15, 0.2) is 5.11 Å². The number of carbonyl (C=O) groups is 1. The van der Waals surface area contributed by atoms with Gasteiger partial charge < -0.3 is 5.32 Å². The van der Waals surface area contributed by atoms with Gasteiger partial charge in [-0.3, -0.25) is 15.6 Å². The maximum absolute atomic E-state index is 11.7. The molecule has 114 valence electrons. The van der Waals surface area contributed by atoms with E-state index in [0.717, 1.165) is 16.1 Å².